The normalized spacial score (nSPS) is 11.5. The zero-order valence-corrected chi connectivity index (χ0v) is 17.3. The molecule has 0 atom stereocenters. The van der Waals surface area contributed by atoms with Gasteiger partial charge in [0, 0.05) is 0 Å². The molecule has 0 aliphatic carbocycles. The molecule has 0 unspecified atom stereocenters. The van der Waals surface area contributed by atoms with Gasteiger partial charge < -0.3 is 19.6 Å². The van der Waals surface area contributed by atoms with Gasteiger partial charge in [-0.2, -0.15) is 5.26 Å². The predicted octanol–water partition coefficient (Wildman–Crippen LogP) is 4.79. The van der Waals surface area contributed by atoms with E-state index in [1.807, 2.05) is 24.3 Å². The summed E-state index contributed by atoms with van der Waals surface area (Å²) in [7, 11) is 0. The number of esters is 1. The van der Waals surface area contributed by atoms with Crippen LogP contribution in [0.5, 0.6) is 0 Å². The van der Waals surface area contributed by atoms with Gasteiger partial charge in [-0.05, 0) is 36.4 Å². The third kappa shape index (κ3) is 4.35. The van der Waals surface area contributed by atoms with Crippen LogP contribution in [0.3, 0.4) is 0 Å². The van der Waals surface area contributed by atoms with Gasteiger partial charge in [-0.3, -0.25) is 4.79 Å². The van der Waals surface area contributed by atoms with Crippen LogP contribution in [0.2, 0.25) is 0 Å². The molecule has 2 N–H and O–H groups in total. The van der Waals surface area contributed by atoms with Crippen molar-refractivity contribution in [1.29, 1.82) is 5.26 Å². The number of aliphatic hydroxyl groups is 1. The van der Waals surface area contributed by atoms with E-state index < -0.39 is 24.2 Å². The van der Waals surface area contributed by atoms with Crippen molar-refractivity contribution in [1.82, 2.24) is 4.98 Å². The van der Waals surface area contributed by atoms with Crippen molar-refractivity contribution in [3.8, 4) is 6.07 Å². The van der Waals surface area contributed by atoms with Gasteiger partial charge >= 0.3 is 5.97 Å². The SMILES string of the molecule is N#CC(=C(O)COC(=O)c1ccccc1NC(=O)c1ccco1)c1nc2ccccc2s1. The van der Waals surface area contributed by atoms with Crippen LogP contribution in [-0.4, -0.2) is 28.6 Å². The standard InChI is InChI=1S/C23H15N3O5S/c24-12-15(22-26-17-8-3-4-10-20(17)32-22)18(27)13-31-23(29)14-6-1-2-7-16(14)25-21(28)19-9-5-11-30-19/h1-11,27H,13H2,(H,25,28). The topological polar surface area (TPSA) is 125 Å². The summed E-state index contributed by atoms with van der Waals surface area (Å²) in [6, 6.07) is 18.6. The molecule has 4 rings (SSSR count). The Morgan fingerprint density at radius 3 is 2.66 bits per heavy atom. The summed E-state index contributed by atoms with van der Waals surface area (Å²) in [5.74, 6) is -1.64. The molecule has 8 nitrogen and oxygen atoms in total. The Kier molecular flexibility index (Phi) is 5.96. The minimum absolute atomic E-state index is 0.0709. The molecule has 2 aromatic heterocycles. The number of nitrogens with one attached hydrogen (secondary N) is 1. The summed E-state index contributed by atoms with van der Waals surface area (Å²) >= 11 is 1.25. The summed E-state index contributed by atoms with van der Waals surface area (Å²) in [6.07, 6.45) is 1.36. The number of aromatic nitrogens is 1. The molecule has 0 radical (unpaired) electrons. The maximum atomic E-state index is 12.6. The lowest BCUT2D eigenvalue weighted by atomic mass is 10.1. The van der Waals surface area contributed by atoms with Crippen LogP contribution in [-0.2, 0) is 4.74 Å². The number of amides is 1. The fourth-order valence-electron chi connectivity index (χ4n) is 2.86. The van der Waals surface area contributed by atoms with E-state index in [9.17, 15) is 20.0 Å². The Morgan fingerprint density at radius 2 is 1.91 bits per heavy atom. The van der Waals surface area contributed by atoms with Gasteiger partial charge in [-0.15, -0.1) is 11.3 Å². The zero-order chi connectivity index (χ0) is 22.5. The summed E-state index contributed by atoms with van der Waals surface area (Å²) in [6.45, 7) is -0.530. The molecule has 0 saturated heterocycles. The van der Waals surface area contributed by atoms with Crippen molar-refractivity contribution in [3.05, 3.63) is 89.0 Å². The maximum absolute atomic E-state index is 12.6. The Balaban J connectivity index is 1.50. The van der Waals surface area contributed by atoms with Crippen molar-refractivity contribution < 1.29 is 23.8 Å². The fourth-order valence-corrected chi connectivity index (χ4v) is 3.84. The number of allylic oxidation sites excluding steroid dienone is 1. The molecule has 9 heteroatoms. The number of carbonyl (C=O) groups is 2. The van der Waals surface area contributed by atoms with Crippen molar-refractivity contribution in [2.24, 2.45) is 0 Å². The van der Waals surface area contributed by atoms with Gasteiger partial charge in [0.25, 0.3) is 5.91 Å². The Bertz CT molecular complexity index is 1330. The Labute approximate surface area is 186 Å². The first-order valence-corrected chi connectivity index (χ1v) is 10.2. The number of fused-ring (bicyclic) bond motifs is 1. The second-order valence-electron chi connectivity index (χ2n) is 6.47. The van der Waals surface area contributed by atoms with Gasteiger partial charge in [0.05, 0.1) is 27.7 Å². The number of nitrogens with zero attached hydrogens (tertiary/aromatic N) is 2. The number of furan rings is 1. The van der Waals surface area contributed by atoms with Crippen LogP contribution in [0.4, 0.5) is 5.69 Å². The van der Waals surface area contributed by atoms with Crippen molar-refractivity contribution >= 4 is 44.7 Å². The molecule has 0 saturated carbocycles. The second-order valence-corrected chi connectivity index (χ2v) is 7.50. The third-order valence-corrected chi connectivity index (χ3v) is 5.44. The minimum atomic E-state index is -0.784. The number of thiazole rings is 1. The number of anilines is 1. The first-order valence-electron chi connectivity index (χ1n) is 9.36. The highest BCUT2D eigenvalue weighted by Gasteiger charge is 2.19. The van der Waals surface area contributed by atoms with Gasteiger partial charge in [0.1, 0.15) is 23.3 Å². The van der Waals surface area contributed by atoms with E-state index in [1.54, 1.807) is 24.3 Å². The van der Waals surface area contributed by atoms with E-state index in [0.717, 1.165) is 4.70 Å². The molecule has 2 aromatic carbocycles. The lowest BCUT2D eigenvalue weighted by molar-refractivity contribution is 0.0504. The number of rotatable bonds is 6. The van der Waals surface area contributed by atoms with Gasteiger partial charge in [-0.25, -0.2) is 9.78 Å². The largest absolute Gasteiger partial charge is 0.507 e. The Morgan fingerprint density at radius 1 is 1.12 bits per heavy atom. The molecule has 4 aromatic rings. The molecule has 0 aliphatic heterocycles. The van der Waals surface area contributed by atoms with E-state index in [0.29, 0.717) is 10.5 Å². The molecule has 0 fully saturated rings. The maximum Gasteiger partial charge on any atom is 0.340 e. The van der Waals surface area contributed by atoms with Crippen LogP contribution in [0.1, 0.15) is 25.9 Å². The molecule has 0 spiro atoms. The first kappa shape index (κ1) is 20.8. The fraction of sp³-hybridized carbons (Fsp3) is 0.0435. The quantitative estimate of drug-likeness (QED) is 0.248. The summed E-state index contributed by atoms with van der Waals surface area (Å²) in [5.41, 5.74) is 0.928. The number of para-hydroxylation sites is 2. The van der Waals surface area contributed by atoms with Gasteiger partial charge in [0.15, 0.2) is 11.5 Å². The Hall–Kier alpha value is -4.42. The smallest absolute Gasteiger partial charge is 0.340 e. The number of hydrogen-bond acceptors (Lipinski definition) is 8. The average Bonchev–Trinajstić information content (AvgIpc) is 3.48. The van der Waals surface area contributed by atoms with Gasteiger partial charge in [0.2, 0.25) is 0 Å². The lowest BCUT2D eigenvalue weighted by Crippen LogP contribution is -2.16. The highest BCUT2D eigenvalue weighted by Crippen LogP contribution is 2.28. The average molecular weight is 445 g/mol. The van der Waals surface area contributed by atoms with E-state index >= 15 is 0 Å². The second kappa shape index (κ2) is 9.16. The van der Waals surface area contributed by atoms with E-state index in [2.05, 4.69) is 10.3 Å². The number of ether oxygens (including phenoxy) is 1. The molecule has 2 heterocycles. The lowest BCUT2D eigenvalue weighted by Gasteiger charge is -2.10. The highest BCUT2D eigenvalue weighted by molar-refractivity contribution is 7.19. The number of nitriles is 1. The predicted molar refractivity (Wildman–Crippen MR) is 118 cm³/mol. The molecule has 0 bridgehead atoms. The first-order chi connectivity index (χ1) is 15.6. The summed E-state index contributed by atoms with van der Waals surface area (Å²) in [5, 5.41) is 22.8. The van der Waals surface area contributed by atoms with E-state index in [1.165, 1.54) is 35.8 Å². The molecule has 32 heavy (non-hydrogen) atoms. The van der Waals surface area contributed by atoms with E-state index in [4.69, 9.17) is 9.15 Å². The minimum Gasteiger partial charge on any atom is -0.507 e. The number of benzene rings is 2. The highest BCUT2D eigenvalue weighted by atomic mass is 32.1. The van der Waals surface area contributed by atoms with Crippen molar-refractivity contribution in [2.45, 2.75) is 0 Å². The molecule has 0 aliphatic rings. The number of hydrogen-bond donors (Lipinski definition) is 2. The van der Waals surface area contributed by atoms with Crippen LogP contribution < -0.4 is 5.32 Å². The number of aliphatic hydroxyl groups excluding tert-OH is 1. The van der Waals surface area contributed by atoms with Crippen LogP contribution in [0, 0.1) is 11.3 Å². The molecular weight excluding hydrogens is 430 g/mol. The summed E-state index contributed by atoms with van der Waals surface area (Å²) in [4.78, 5) is 29.2. The summed E-state index contributed by atoms with van der Waals surface area (Å²) < 4.78 is 11.1. The number of carbonyl (C=O) groups excluding carboxylic acids is 2. The monoisotopic (exact) mass is 445 g/mol. The molecular formula is C23H15N3O5S. The third-order valence-electron chi connectivity index (χ3n) is 4.39. The van der Waals surface area contributed by atoms with Crippen molar-refractivity contribution in [3.63, 3.8) is 0 Å². The molecule has 1 amide bonds. The van der Waals surface area contributed by atoms with Crippen LogP contribution >= 0.6 is 11.3 Å². The van der Waals surface area contributed by atoms with Gasteiger partial charge in [-0.1, -0.05) is 24.3 Å². The van der Waals surface area contributed by atoms with Crippen LogP contribution in [0.25, 0.3) is 15.8 Å². The zero-order valence-electron chi connectivity index (χ0n) is 16.4. The van der Waals surface area contributed by atoms with Crippen molar-refractivity contribution in [2.75, 3.05) is 11.9 Å². The molecule has 158 valence electrons. The van der Waals surface area contributed by atoms with E-state index in [-0.39, 0.29) is 22.6 Å². The van der Waals surface area contributed by atoms with Crippen LogP contribution in [0.15, 0.2) is 77.1 Å².